The SMILES string of the molecule is COC(=O)[C@@H](C)NC(=O)[C@@H]1CNCCN1C(=O)NC1CCCCC1. The molecule has 3 N–H and O–H groups in total. The van der Waals surface area contributed by atoms with Crippen molar-refractivity contribution in [3.63, 3.8) is 0 Å². The molecule has 1 aliphatic heterocycles. The van der Waals surface area contributed by atoms with Gasteiger partial charge >= 0.3 is 12.0 Å². The van der Waals surface area contributed by atoms with E-state index in [1.54, 1.807) is 11.8 Å². The number of methoxy groups -OCH3 is 1. The Kier molecular flexibility index (Phi) is 6.84. The summed E-state index contributed by atoms with van der Waals surface area (Å²) in [4.78, 5) is 38.1. The highest BCUT2D eigenvalue weighted by Crippen LogP contribution is 2.18. The third-order valence-electron chi connectivity index (χ3n) is 4.65. The van der Waals surface area contributed by atoms with E-state index in [9.17, 15) is 14.4 Å². The molecule has 8 nitrogen and oxygen atoms in total. The predicted octanol–water partition coefficient (Wildman–Crippen LogP) is -0.0198. The van der Waals surface area contributed by atoms with Gasteiger partial charge in [0.15, 0.2) is 0 Å². The summed E-state index contributed by atoms with van der Waals surface area (Å²) in [5.41, 5.74) is 0. The molecule has 1 heterocycles. The van der Waals surface area contributed by atoms with Gasteiger partial charge in [-0.1, -0.05) is 19.3 Å². The Morgan fingerprint density at radius 2 is 1.92 bits per heavy atom. The molecule has 8 heteroatoms. The maximum absolute atomic E-state index is 12.6. The summed E-state index contributed by atoms with van der Waals surface area (Å²) >= 11 is 0. The number of rotatable bonds is 4. The smallest absolute Gasteiger partial charge is 0.328 e. The zero-order chi connectivity index (χ0) is 17.5. The third kappa shape index (κ3) is 4.83. The molecule has 24 heavy (non-hydrogen) atoms. The Morgan fingerprint density at radius 1 is 1.21 bits per heavy atom. The summed E-state index contributed by atoms with van der Waals surface area (Å²) in [6.07, 6.45) is 5.47. The average Bonchev–Trinajstić information content (AvgIpc) is 2.61. The molecule has 1 aliphatic carbocycles. The molecule has 0 radical (unpaired) electrons. The first-order valence-corrected chi connectivity index (χ1v) is 8.69. The van der Waals surface area contributed by atoms with Gasteiger partial charge in [0.1, 0.15) is 12.1 Å². The monoisotopic (exact) mass is 340 g/mol. The first-order chi connectivity index (χ1) is 11.5. The van der Waals surface area contributed by atoms with Gasteiger partial charge in [0.05, 0.1) is 7.11 Å². The number of hydrogen-bond acceptors (Lipinski definition) is 5. The van der Waals surface area contributed by atoms with Gasteiger partial charge in [0.2, 0.25) is 5.91 Å². The van der Waals surface area contributed by atoms with Crippen molar-refractivity contribution in [3.8, 4) is 0 Å². The van der Waals surface area contributed by atoms with Crippen LogP contribution >= 0.6 is 0 Å². The van der Waals surface area contributed by atoms with Crippen LogP contribution in [0.5, 0.6) is 0 Å². The van der Waals surface area contributed by atoms with Crippen molar-refractivity contribution in [3.05, 3.63) is 0 Å². The molecule has 2 rings (SSSR count). The van der Waals surface area contributed by atoms with Crippen LogP contribution < -0.4 is 16.0 Å². The van der Waals surface area contributed by atoms with Crippen LogP contribution in [-0.4, -0.2) is 67.7 Å². The van der Waals surface area contributed by atoms with Crippen LogP contribution in [-0.2, 0) is 14.3 Å². The molecular weight excluding hydrogens is 312 g/mol. The Bertz CT molecular complexity index is 465. The average molecular weight is 340 g/mol. The molecule has 0 spiro atoms. The van der Waals surface area contributed by atoms with Crippen LogP contribution in [0.2, 0.25) is 0 Å². The second-order valence-electron chi connectivity index (χ2n) is 6.45. The number of amides is 3. The van der Waals surface area contributed by atoms with Crippen molar-refractivity contribution < 1.29 is 19.1 Å². The summed E-state index contributed by atoms with van der Waals surface area (Å²) in [6.45, 7) is 3.04. The molecule has 2 atom stereocenters. The molecule has 2 aliphatic rings. The van der Waals surface area contributed by atoms with E-state index in [0.29, 0.717) is 19.6 Å². The van der Waals surface area contributed by atoms with Gasteiger partial charge in [-0.05, 0) is 19.8 Å². The minimum Gasteiger partial charge on any atom is -0.467 e. The van der Waals surface area contributed by atoms with Crippen LogP contribution in [0.25, 0.3) is 0 Å². The van der Waals surface area contributed by atoms with Crippen molar-refractivity contribution in [2.24, 2.45) is 0 Å². The molecule has 1 saturated heterocycles. The summed E-state index contributed by atoms with van der Waals surface area (Å²) in [7, 11) is 1.27. The quantitative estimate of drug-likeness (QED) is 0.625. The standard InChI is InChI=1S/C16H28N4O4/c1-11(15(22)24-2)18-14(21)13-10-17-8-9-20(13)16(23)19-12-6-4-3-5-7-12/h11-13,17H,3-10H2,1-2H3,(H,18,21)(H,19,23)/t11-,13+/m1/s1. The van der Waals surface area contributed by atoms with Crippen LogP contribution in [0.1, 0.15) is 39.0 Å². The lowest BCUT2D eigenvalue weighted by atomic mass is 9.96. The van der Waals surface area contributed by atoms with Gasteiger partial charge < -0.3 is 25.6 Å². The largest absolute Gasteiger partial charge is 0.467 e. The van der Waals surface area contributed by atoms with Gasteiger partial charge in [0.25, 0.3) is 0 Å². The van der Waals surface area contributed by atoms with Crippen molar-refractivity contribution >= 4 is 17.9 Å². The Morgan fingerprint density at radius 3 is 2.58 bits per heavy atom. The lowest BCUT2D eigenvalue weighted by molar-refractivity contribution is -0.145. The van der Waals surface area contributed by atoms with Gasteiger partial charge in [-0.15, -0.1) is 0 Å². The van der Waals surface area contributed by atoms with Gasteiger partial charge in [-0.25, -0.2) is 9.59 Å². The third-order valence-corrected chi connectivity index (χ3v) is 4.65. The van der Waals surface area contributed by atoms with Crippen LogP contribution in [0.3, 0.4) is 0 Å². The Balaban J connectivity index is 1.94. The summed E-state index contributed by atoms with van der Waals surface area (Å²) in [5.74, 6) is -0.857. The van der Waals surface area contributed by atoms with Crippen LogP contribution in [0.15, 0.2) is 0 Å². The Labute approximate surface area is 142 Å². The number of esters is 1. The zero-order valence-electron chi connectivity index (χ0n) is 14.5. The summed E-state index contributed by atoms with van der Waals surface area (Å²) in [6, 6.07) is -1.38. The molecule has 0 unspecified atom stereocenters. The molecular formula is C16H28N4O4. The first kappa shape index (κ1) is 18.5. The summed E-state index contributed by atoms with van der Waals surface area (Å²) in [5, 5.41) is 8.78. The van der Waals surface area contributed by atoms with Crippen LogP contribution in [0.4, 0.5) is 4.79 Å². The maximum atomic E-state index is 12.6. The minimum absolute atomic E-state index is 0.193. The van der Waals surface area contributed by atoms with E-state index in [4.69, 9.17) is 0 Å². The highest BCUT2D eigenvalue weighted by atomic mass is 16.5. The normalized spacial score (nSPS) is 23.2. The lowest BCUT2D eigenvalue weighted by Gasteiger charge is -2.37. The molecule has 0 aromatic heterocycles. The zero-order valence-corrected chi connectivity index (χ0v) is 14.5. The molecule has 136 valence electrons. The number of carbonyl (C=O) groups excluding carboxylic acids is 3. The molecule has 1 saturated carbocycles. The molecule has 0 bridgehead atoms. The van der Waals surface area contributed by atoms with Gasteiger partial charge in [-0.3, -0.25) is 4.79 Å². The molecule has 0 aromatic rings. The van der Waals surface area contributed by atoms with Crippen molar-refractivity contribution in [1.29, 1.82) is 0 Å². The van der Waals surface area contributed by atoms with E-state index < -0.39 is 18.1 Å². The van der Waals surface area contributed by atoms with E-state index in [-0.39, 0.29) is 18.0 Å². The lowest BCUT2D eigenvalue weighted by Crippen LogP contribution is -2.63. The molecule has 3 amide bonds. The fourth-order valence-corrected chi connectivity index (χ4v) is 3.23. The van der Waals surface area contributed by atoms with Crippen molar-refractivity contribution in [2.45, 2.75) is 57.2 Å². The number of nitrogens with one attached hydrogen (secondary N) is 3. The Hall–Kier alpha value is -1.83. The second kappa shape index (κ2) is 8.86. The van der Waals surface area contributed by atoms with E-state index in [1.165, 1.54) is 13.5 Å². The highest BCUT2D eigenvalue weighted by molar-refractivity contribution is 5.90. The summed E-state index contributed by atoms with van der Waals surface area (Å²) < 4.78 is 4.61. The number of urea groups is 1. The van der Waals surface area contributed by atoms with Crippen molar-refractivity contribution in [1.82, 2.24) is 20.9 Å². The number of carbonyl (C=O) groups is 3. The predicted molar refractivity (Wildman–Crippen MR) is 88.4 cm³/mol. The highest BCUT2D eigenvalue weighted by Gasteiger charge is 2.34. The van der Waals surface area contributed by atoms with Crippen molar-refractivity contribution in [2.75, 3.05) is 26.7 Å². The fraction of sp³-hybridized carbons (Fsp3) is 0.812. The fourth-order valence-electron chi connectivity index (χ4n) is 3.23. The van der Waals surface area contributed by atoms with E-state index in [1.807, 2.05) is 0 Å². The number of nitrogens with zero attached hydrogens (tertiary/aromatic N) is 1. The number of ether oxygens (including phenoxy) is 1. The minimum atomic E-state index is -0.743. The van der Waals surface area contributed by atoms with E-state index in [0.717, 1.165) is 25.7 Å². The second-order valence-corrected chi connectivity index (χ2v) is 6.45. The van der Waals surface area contributed by atoms with Crippen LogP contribution in [0, 0.1) is 0 Å². The first-order valence-electron chi connectivity index (χ1n) is 8.69. The van der Waals surface area contributed by atoms with Gasteiger partial charge in [-0.2, -0.15) is 0 Å². The number of piperazine rings is 1. The number of hydrogen-bond donors (Lipinski definition) is 3. The topological polar surface area (TPSA) is 99.8 Å². The van der Waals surface area contributed by atoms with Gasteiger partial charge in [0, 0.05) is 25.7 Å². The molecule has 2 fully saturated rings. The maximum Gasteiger partial charge on any atom is 0.328 e. The van der Waals surface area contributed by atoms with E-state index >= 15 is 0 Å². The van der Waals surface area contributed by atoms with E-state index in [2.05, 4.69) is 20.7 Å². The molecule has 0 aromatic carbocycles.